The van der Waals surface area contributed by atoms with E-state index in [-0.39, 0.29) is 130 Å². The summed E-state index contributed by atoms with van der Waals surface area (Å²) in [5.74, 6) is -4.33. The van der Waals surface area contributed by atoms with E-state index in [1.54, 1.807) is 0 Å². The van der Waals surface area contributed by atoms with Gasteiger partial charge in [-0.15, -0.1) is 0 Å². The second-order valence-corrected chi connectivity index (χ2v) is 4.58. The predicted molar refractivity (Wildman–Crippen MR) is 77.1 cm³/mol. The van der Waals surface area contributed by atoms with Crippen LogP contribution in [0, 0.1) is 0 Å². The summed E-state index contributed by atoms with van der Waals surface area (Å²) in [6.45, 7) is 3.89. The van der Waals surface area contributed by atoms with Crippen molar-refractivity contribution in [3.8, 4) is 0 Å². The Morgan fingerprint density at radius 2 is 0.679 bits per heavy atom. The summed E-state index contributed by atoms with van der Waals surface area (Å²) >= 11 is 0. The standard InChI is InChI=1S/C6H14N2.4C2H4O2.4Na/c7-5-3-1-2-4-6(5)8;4*1-2(3)4;;;;/h5-6H,1-4,7-8H2;4*1H3,(H,3,4);;;;/q;;;;;4*+1/p-4/t5-,6-;;;;;;;;/m1......../s1. The molecule has 0 amide bonds. The van der Waals surface area contributed by atoms with Crippen molar-refractivity contribution < 1.29 is 158 Å². The minimum Gasteiger partial charge on any atom is -0.550 e. The molecule has 1 fully saturated rings. The first kappa shape index (κ1) is 52.0. The summed E-state index contributed by atoms with van der Waals surface area (Å²) in [5.41, 5.74) is 11.3. The molecule has 0 saturated heterocycles. The Labute approximate surface area is 255 Å². The minimum absolute atomic E-state index is 0. The summed E-state index contributed by atoms with van der Waals surface area (Å²) in [7, 11) is 0. The molecule has 1 rings (SSSR count). The van der Waals surface area contributed by atoms with E-state index in [4.69, 9.17) is 51.1 Å². The quantitative estimate of drug-likeness (QED) is 0.338. The Bertz CT molecular complexity index is 303. The monoisotopic (exact) mass is 442 g/mol. The Balaban J connectivity index is -0.0000000300. The molecule has 1 aliphatic carbocycles. The summed E-state index contributed by atoms with van der Waals surface area (Å²) < 4.78 is 0. The molecule has 1 saturated carbocycles. The molecule has 0 aromatic rings. The van der Waals surface area contributed by atoms with E-state index in [0.717, 1.165) is 40.5 Å². The molecule has 0 aliphatic heterocycles. The van der Waals surface area contributed by atoms with Crippen LogP contribution in [0.3, 0.4) is 0 Å². The molecule has 0 spiro atoms. The molecule has 0 bridgehead atoms. The smallest absolute Gasteiger partial charge is 0.550 e. The number of rotatable bonds is 0. The normalized spacial score (nSPS) is 14.9. The zero-order valence-electron chi connectivity index (χ0n) is 18.4. The van der Waals surface area contributed by atoms with Gasteiger partial charge in [-0.3, -0.25) is 0 Å². The second-order valence-electron chi connectivity index (χ2n) is 4.58. The van der Waals surface area contributed by atoms with E-state index in [0.29, 0.717) is 0 Å². The van der Waals surface area contributed by atoms with Gasteiger partial charge in [-0.2, -0.15) is 0 Å². The van der Waals surface area contributed by atoms with Gasteiger partial charge in [0.15, 0.2) is 0 Å². The van der Waals surface area contributed by atoms with Crippen molar-refractivity contribution in [2.75, 3.05) is 0 Å². The Kier molecular flexibility index (Phi) is 73.0. The van der Waals surface area contributed by atoms with Crippen LogP contribution >= 0.6 is 0 Å². The number of hydrogen-bond acceptors (Lipinski definition) is 10. The fourth-order valence-corrected chi connectivity index (χ4v) is 1.19. The third kappa shape index (κ3) is 122. The van der Waals surface area contributed by atoms with Crippen LogP contribution in [0.2, 0.25) is 0 Å². The third-order valence-corrected chi connectivity index (χ3v) is 1.87. The van der Waals surface area contributed by atoms with Crippen LogP contribution in [0.1, 0.15) is 53.4 Å². The van der Waals surface area contributed by atoms with E-state index >= 15 is 0 Å². The predicted octanol–water partition coefficient (Wildman–Crippen LogP) is -16.7. The Hall–Kier alpha value is 1.80. The molecule has 0 unspecified atom stereocenters. The molecular weight excluding hydrogens is 416 g/mol. The fourth-order valence-electron chi connectivity index (χ4n) is 1.19. The average Bonchev–Trinajstić information content (AvgIpc) is 2.30. The van der Waals surface area contributed by atoms with Crippen LogP contribution in [-0.4, -0.2) is 36.0 Å². The van der Waals surface area contributed by atoms with Crippen LogP contribution in [-0.2, 0) is 19.2 Å². The molecule has 0 heterocycles. The van der Waals surface area contributed by atoms with Crippen LogP contribution in [0.5, 0.6) is 0 Å². The van der Waals surface area contributed by atoms with Gasteiger partial charge in [-0.05, 0) is 40.5 Å². The zero-order chi connectivity index (χ0) is 20.3. The first-order chi connectivity index (χ1) is 10.7. The van der Waals surface area contributed by atoms with Crippen LogP contribution in [0.4, 0.5) is 0 Å². The minimum atomic E-state index is -1.08. The largest absolute Gasteiger partial charge is 1.00 e. The number of carbonyl (C=O) groups is 4. The van der Waals surface area contributed by atoms with Gasteiger partial charge < -0.3 is 51.1 Å². The maximum atomic E-state index is 8.89. The van der Waals surface area contributed by atoms with Gasteiger partial charge in [-0.25, -0.2) is 0 Å². The zero-order valence-corrected chi connectivity index (χ0v) is 26.4. The number of aliphatic carboxylic acids is 4. The average molecular weight is 442 g/mol. The van der Waals surface area contributed by atoms with E-state index < -0.39 is 23.9 Å². The molecular formula is C14H26N2Na4O8. The summed E-state index contributed by atoms with van der Waals surface area (Å²) in [4.78, 5) is 35.6. The van der Waals surface area contributed by atoms with E-state index in [1.807, 2.05) is 0 Å². The van der Waals surface area contributed by atoms with E-state index in [1.165, 1.54) is 12.8 Å². The van der Waals surface area contributed by atoms with E-state index in [9.17, 15) is 0 Å². The van der Waals surface area contributed by atoms with Gasteiger partial charge in [0.25, 0.3) is 0 Å². The molecule has 0 radical (unpaired) electrons. The number of carbonyl (C=O) groups excluding carboxylic acids is 4. The van der Waals surface area contributed by atoms with Crippen molar-refractivity contribution >= 4 is 23.9 Å². The third-order valence-electron chi connectivity index (χ3n) is 1.87. The van der Waals surface area contributed by atoms with Gasteiger partial charge in [0.05, 0.1) is 0 Å². The molecule has 28 heavy (non-hydrogen) atoms. The molecule has 0 aromatic heterocycles. The van der Waals surface area contributed by atoms with Gasteiger partial charge in [0.2, 0.25) is 0 Å². The Morgan fingerprint density at radius 3 is 0.750 bits per heavy atom. The summed E-state index contributed by atoms with van der Waals surface area (Å²) in [5, 5.41) is 35.6. The van der Waals surface area contributed by atoms with Gasteiger partial charge in [0, 0.05) is 36.0 Å². The van der Waals surface area contributed by atoms with Crippen molar-refractivity contribution in [1.29, 1.82) is 0 Å². The number of hydrogen-bond donors (Lipinski definition) is 2. The molecule has 0 aromatic carbocycles. The molecule has 4 N–H and O–H groups in total. The SMILES string of the molecule is CC(=O)[O-].CC(=O)[O-].CC(=O)[O-].CC(=O)[O-].N[C@@H]1CCCC[C@H]1N.[Na+].[Na+].[Na+].[Na+]. The van der Waals surface area contributed by atoms with Crippen molar-refractivity contribution in [2.24, 2.45) is 11.5 Å². The molecule has 14 heteroatoms. The summed E-state index contributed by atoms with van der Waals surface area (Å²) in [6, 6.07) is 0.562. The Morgan fingerprint density at radius 1 is 0.571 bits per heavy atom. The first-order valence-corrected chi connectivity index (χ1v) is 6.95. The second kappa shape index (κ2) is 39.3. The summed E-state index contributed by atoms with van der Waals surface area (Å²) in [6.07, 6.45) is 4.80. The topological polar surface area (TPSA) is 213 Å². The van der Waals surface area contributed by atoms with Crippen molar-refractivity contribution in [2.45, 2.75) is 65.5 Å². The fraction of sp³-hybridized carbons (Fsp3) is 0.714. The van der Waals surface area contributed by atoms with E-state index in [2.05, 4.69) is 0 Å². The van der Waals surface area contributed by atoms with Gasteiger partial charge in [0.1, 0.15) is 0 Å². The maximum absolute atomic E-state index is 8.89. The number of carboxylic acids is 4. The van der Waals surface area contributed by atoms with Crippen LogP contribution in [0.25, 0.3) is 0 Å². The maximum Gasteiger partial charge on any atom is 1.00 e. The molecule has 1 aliphatic rings. The van der Waals surface area contributed by atoms with Crippen LogP contribution in [0.15, 0.2) is 0 Å². The first-order valence-electron chi connectivity index (χ1n) is 6.95. The van der Waals surface area contributed by atoms with Crippen molar-refractivity contribution in [1.82, 2.24) is 0 Å². The van der Waals surface area contributed by atoms with Crippen molar-refractivity contribution in [3.05, 3.63) is 0 Å². The van der Waals surface area contributed by atoms with Gasteiger partial charge >= 0.3 is 118 Å². The van der Waals surface area contributed by atoms with Gasteiger partial charge in [-0.1, -0.05) is 12.8 Å². The molecule has 2 atom stereocenters. The molecule has 144 valence electrons. The van der Waals surface area contributed by atoms with Crippen molar-refractivity contribution in [3.63, 3.8) is 0 Å². The number of carboxylic acid groups (broad SMARTS) is 4. The number of nitrogens with two attached hydrogens (primary N) is 2. The van der Waals surface area contributed by atoms with Crippen LogP contribution < -0.4 is 150 Å². The molecule has 10 nitrogen and oxygen atoms in total.